The van der Waals surface area contributed by atoms with Crippen LogP contribution >= 0.6 is 0 Å². The van der Waals surface area contributed by atoms with E-state index in [-0.39, 0.29) is 0 Å². The first-order chi connectivity index (χ1) is 8.16. The average molecular weight is 238 g/mol. The van der Waals surface area contributed by atoms with Crippen LogP contribution in [0.25, 0.3) is 0 Å². The second-order valence-electron chi connectivity index (χ2n) is 4.09. The Hall–Kier alpha value is -1.13. The first kappa shape index (κ1) is 13.9. The molecule has 17 heavy (non-hydrogen) atoms. The van der Waals surface area contributed by atoms with E-state index in [0.29, 0.717) is 19.8 Å². The Bertz CT molecular complexity index is 354. The van der Waals surface area contributed by atoms with E-state index in [1.807, 2.05) is 13.8 Å². The third-order valence-electron chi connectivity index (χ3n) is 2.64. The highest BCUT2D eigenvalue weighted by Crippen LogP contribution is 2.18. The molecule has 1 heterocycles. The van der Waals surface area contributed by atoms with Gasteiger partial charge in [-0.15, -0.1) is 0 Å². The number of hydrogen-bond donors (Lipinski definition) is 1. The Balaban J connectivity index is 2.35. The van der Waals surface area contributed by atoms with Gasteiger partial charge < -0.3 is 15.2 Å². The molecule has 0 spiro atoms. The van der Waals surface area contributed by atoms with Crippen molar-refractivity contribution in [2.24, 2.45) is 0 Å². The molecule has 1 rings (SSSR count). The number of nitrogens with zero attached hydrogens (tertiary/aromatic N) is 1. The van der Waals surface area contributed by atoms with Gasteiger partial charge in [0.05, 0.1) is 25.5 Å². The van der Waals surface area contributed by atoms with Gasteiger partial charge in [0.1, 0.15) is 0 Å². The molecule has 0 amide bonds. The van der Waals surface area contributed by atoms with Crippen LogP contribution in [0.3, 0.4) is 0 Å². The number of aromatic nitrogens is 1. The van der Waals surface area contributed by atoms with Crippen LogP contribution in [0.1, 0.15) is 30.2 Å². The van der Waals surface area contributed by atoms with Crippen molar-refractivity contribution in [2.45, 2.75) is 33.8 Å². The molecule has 0 aromatic carbocycles. The number of nitrogens with two attached hydrogens (primary N) is 1. The van der Waals surface area contributed by atoms with Crippen molar-refractivity contribution in [1.82, 2.24) is 4.98 Å². The number of nitrogen functional groups attached to an aromatic ring is 1. The Labute approximate surface area is 103 Å². The summed E-state index contributed by atoms with van der Waals surface area (Å²) in [4.78, 5) is 4.33. The quantitative estimate of drug-likeness (QED) is 0.740. The SMILES string of the molecule is CCCOCCOCc1ncc(C)c(N)c1C. The van der Waals surface area contributed by atoms with Crippen molar-refractivity contribution in [3.8, 4) is 0 Å². The lowest BCUT2D eigenvalue weighted by atomic mass is 10.1. The molecule has 0 radical (unpaired) electrons. The molecule has 2 N–H and O–H groups in total. The van der Waals surface area contributed by atoms with Gasteiger partial charge in [0, 0.05) is 18.5 Å². The van der Waals surface area contributed by atoms with E-state index in [1.165, 1.54) is 0 Å². The van der Waals surface area contributed by atoms with Crippen molar-refractivity contribution in [3.63, 3.8) is 0 Å². The van der Waals surface area contributed by atoms with Crippen LogP contribution in [0, 0.1) is 13.8 Å². The minimum Gasteiger partial charge on any atom is -0.398 e. The van der Waals surface area contributed by atoms with Gasteiger partial charge in [0.25, 0.3) is 0 Å². The summed E-state index contributed by atoms with van der Waals surface area (Å²) in [5.74, 6) is 0. The largest absolute Gasteiger partial charge is 0.398 e. The Morgan fingerprint density at radius 1 is 1.18 bits per heavy atom. The molecule has 1 aromatic rings. The summed E-state index contributed by atoms with van der Waals surface area (Å²) >= 11 is 0. The molecule has 1 aromatic heterocycles. The normalized spacial score (nSPS) is 10.8. The van der Waals surface area contributed by atoms with Crippen molar-refractivity contribution < 1.29 is 9.47 Å². The smallest absolute Gasteiger partial charge is 0.0892 e. The van der Waals surface area contributed by atoms with Crippen molar-refractivity contribution in [1.29, 1.82) is 0 Å². The highest BCUT2D eigenvalue weighted by atomic mass is 16.5. The summed E-state index contributed by atoms with van der Waals surface area (Å²) in [6, 6.07) is 0. The van der Waals surface area contributed by atoms with Gasteiger partial charge in [-0.2, -0.15) is 0 Å². The molecule has 96 valence electrons. The van der Waals surface area contributed by atoms with E-state index >= 15 is 0 Å². The van der Waals surface area contributed by atoms with Gasteiger partial charge >= 0.3 is 0 Å². The minimum atomic E-state index is 0.492. The third-order valence-corrected chi connectivity index (χ3v) is 2.64. The number of ether oxygens (including phenoxy) is 2. The molecule has 4 heteroatoms. The van der Waals surface area contributed by atoms with E-state index in [1.54, 1.807) is 6.20 Å². The molecule has 0 unspecified atom stereocenters. The fourth-order valence-corrected chi connectivity index (χ4v) is 1.47. The predicted octanol–water partition coefficient (Wildman–Crippen LogP) is 2.22. The maximum absolute atomic E-state index is 5.93. The summed E-state index contributed by atoms with van der Waals surface area (Å²) in [7, 11) is 0. The lowest BCUT2D eigenvalue weighted by Gasteiger charge is -2.10. The number of hydrogen-bond acceptors (Lipinski definition) is 4. The third kappa shape index (κ3) is 4.32. The van der Waals surface area contributed by atoms with Gasteiger partial charge in [-0.3, -0.25) is 4.98 Å². The molecular formula is C13H22N2O2. The maximum Gasteiger partial charge on any atom is 0.0892 e. The van der Waals surface area contributed by atoms with Gasteiger partial charge in [-0.1, -0.05) is 6.92 Å². The van der Waals surface area contributed by atoms with Crippen LogP contribution in [0.5, 0.6) is 0 Å². The van der Waals surface area contributed by atoms with Crippen LogP contribution in [0.2, 0.25) is 0 Å². The number of rotatable bonds is 7. The zero-order chi connectivity index (χ0) is 12.7. The van der Waals surface area contributed by atoms with Crippen LogP contribution in [-0.2, 0) is 16.1 Å². The number of anilines is 1. The molecule has 0 fully saturated rings. The fraction of sp³-hybridized carbons (Fsp3) is 0.615. The average Bonchev–Trinajstić information content (AvgIpc) is 2.33. The molecule has 0 aliphatic heterocycles. The van der Waals surface area contributed by atoms with Crippen LogP contribution in [0.4, 0.5) is 5.69 Å². The van der Waals surface area contributed by atoms with Crippen LogP contribution < -0.4 is 5.73 Å². The molecular weight excluding hydrogens is 216 g/mol. The first-order valence-corrected chi connectivity index (χ1v) is 6.02. The zero-order valence-electron chi connectivity index (χ0n) is 11.0. The van der Waals surface area contributed by atoms with E-state index in [0.717, 1.165) is 35.5 Å². The van der Waals surface area contributed by atoms with Crippen LogP contribution in [0.15, 0.2) is 6.20 Å². The second-order valence-corrected chi connectivity index (χ2v) is 4.09. The topological polar surface area (TPSA) is 57.4 Å². The van der Waals surface area contributed by atoms with E-state index in [9.17, 15) is 0 Å². The summed E-state index contributed by atoms with van der Waals surface area (Å²) in [5, 5.41) is 0. The molecule has 4 nitrogen and oxygen atoms in total. The highest BCUT2D eigenvalue weighted by Gasteiger charge is 2.05. The summed E-state index contributed by atoms with van der Waals surface area (Å²) < 4.78 is 10.8. The predicted molar refractivity (Wildman–Crippen MR) is 68.9 cm³/mol. The van der Waals surface area contributed by atoms with Gasteiger partial charge in [0.15, 0.2) is 0 Å². The molecule has 0 saturated carbocycles. The summed E-state index contributed by atoms with van der Waals surface area (Å²) in [6.45, 7) is 8.52. The Morgan fingerprint density at radius 2 is 1.88 bits per heavy atom. The van der Waals surface area contributed by atoms with E-state index in [4.69, 9.17) is 15.2 Å². The lowest BCUT2D eigenvalue weighted by Crippen LogP contribution is -2.08. The van der Waals surface area contributed by atoms with E-state index < -0.39 is 0 Å². The Morgan fingerprint density at radius 3 is 2.59 bits per heavy atom. The lowest BCUT2D eigenvalue weighted by molar-refractivity contribution is 0.0396. The molecule has 0 bridgehead atoms. The van der Waals surface area contributed by atoms with Crippen molar-refractivity contribution in [3.05, 3.63) is 23.0 Å². The highest BCUT2D eigenvalue weighted by molar-refractivity contribution is 5.53. The molecule has 0 saturated heterocycles. The second kappa shape index (κ2) is 7.25. The van der Waals surface area contributed by atoms with Gasteiger partial charge in [-0.25, -0.2) is 0 Å². The molecule has 0 aliphatic rings. The van der Waals surface area contributed by atoms with E-state index in [2.05, 4.69) is 11.9 Å². The fourth-order valence-electron chi connectivity index (χ4n) is 1.47. The van der Waals surface area contributed by atoms with Gasteiger partial charge in [-0.05, 0) is 31.4 Å². The minimum absolute atomic E-state index is 0.492. The first-order valence-electron chi connectivity index (χ1n) is 6.02. The number of pyridine rings is 1. The Kier molecular flexibility index (Phi) is 5.94. The van der Waals surface area contributed by atoms with Crippen LogP contribution in [-0.4, -0.2) is 24.8 Å². The summed E-state index contributed by atoms with van der Waals surface area (Å²) in [6.07, 6.45) is 2.82. The standard InChI is InChI=1S/C13H22N2O2/c1-4-5-16-6-7-17-9-12-11(3)13(14)10(2)8-15-12/h8H,4-7,9H2,1-3H3,(H2,14,15). The molecule has 0 atom stereocenters. The van der Waals surface area contributed by atoms with Crippen molar-refractivity contribution in [2.75, 3.05) is 25.6 Å². The number of aryl methyl sites for hydroxylation is 1. The van der Waals surface area contributed by atoms with Crippen molar-refractivity contribution >= 4 is 5.69 Å². The van der Waals surface area contributed by atoms with Gasteiger partial charge in [0.2, 0.25) is 0 Å². The monoisotopic (exact) mass is 238 g/mol. The zero-order valence-corrected chi connectivity index (χ0v) is 11.0. The molecule has 0 aliphatic carbocycles. The summed E-state index contributed by atoms with van der Waals surface area (Å²) in [5.41, 5.74) is 9.67. The maximum atomic E-state index is 5.93.